The van der Waals surface area contributed by atoms with Gasteiger partial charge in [-0.15, -0.1) is 0 Å². The summed E-state index contributed by atoms with van der Waals surface area (Å²) in [7, 11) is 2.82. The molecular formula is C41H36N6O9. The van der Waals surface area contributed by atoms with Crippen molar-refractivity contribution in [3.05, 3.63) is 140 Å². The van der Waals surface area contributed by atoms with Gasteiger partial charge in [-0.05, 0) is 49.4 Å². The van der Waals surface area contributed by atoms with Crippen molar-refractivity contribution < 1.29 is 34.1 Å². The van der Waals surface area contributed by atoms with Crippen LogP contribution < -0.4 is 15.2 Å². The fraction of sp³-hybridized carbons (Fsp3) is 0.268. The Balaban J connectivity index is 1.30. The summed E-state index contributed by atoms with van der Waals surface area (Å²) in [6.07, 6.45) is 1.81. The van der Waals surface area contributed by atoms with Crippen LogP contribution in [-0.2, 0) is 24.6 Å². The van der Waals surface area contributed by atoms with Crippen LogP contribution in [0.1, 0.15) is 35.4 Å². The summed E-state index contributed by atoms with van der Waals surface area (Å²) in [6, 6.07) is 24.6. The van der Waals surface area contributed by atoms with Crippen LogP contribution in [0.2, 0.25) is 0 Å². The standard InChI is InChI=1S/C41H36N6O9/c1-22-13-15-24(16-14-22)42-45-38(50)30-21-29-26(35(27-11-7-8-12-33(27)48)41(30,40(45)52)23-9-5-4-6-10-23)17-18-28-34(29)39(51)44(37(28)49)25-19-31(46(53)54)36(43(2)3)32(20-25)47(55)56/h4-17,19-20,28-30,34-35,42,48H,18,21H2,1-3H3. The van der Waals surface area contributed by atoms with Crippen molar-refractivity contribution >= 4 is 52.1 Å². The molecule has 2 N–H and O–H groups in total. The van der Waals surface area contributed by atoms with Crippen molar-refractivity contribution in [1.29, 1.82) is 0 Å². The van der Waals surface area contributed by atoms with E-state index < -0.39 is 79.9 Å². The Bertz CT molecular complexity index is 2360. The van der Waals surface area contributed by atoms with Crippen LogP contribution in [0.4, 0.5) is 28.4 Å². The first-order chi connectivity index (χ1) is 26.8. The number of carbonyl (C=O) groups is 4. The summed E-state index contributed by atoms with van der Waals surface area (Å²) < 4.78 is 0. The van der Waals surface area contributed by atoms with Gasteiger partial charge in [-0.3, -0.25) is 44.8 Å². The lowest BCUT2D eigenvalue weighted by atomic mass is 9.49. The fourth-order valence-corrected chi connectivity index (χ4v) is 9.53. The molecule has 15 nitrogen and oxygen atoms in total. The molecule has 15 heteroatoms. The Hall–Kier alpha value is -6.90. The molecule has 0 spiro atoms. The largest absolute Gasteiger partial charge is 0.508 e. The zero-order valence-corrected chi connectivity index (χ0v) is 30.5. The number of rotatable bonds is 8. The number of fused-ring (bicyclic) bond motifs is 4. The minimum Gasteiger partial charge on any atom is -0.508 e. The third-order valence-corrected chi connectivity index (χ3v) is 11.8. The number of hydrogen-bond donors (Lipinski definition) is 2. The molecule has 1 saturated carbocycles. The third-order valence-electron chi connectivity index (χ3n) is 11.8. The molecule has 0 radical (unpaired) electrons. The Kier molecular flexibility index (Phi) is 8.47. The maximum Gasteiger partial charge on any atom is 0.301 e. The molecule has 0 aromatic heterocycles. The molecular weight excluding hydrogens is 720 g/mol. The van der Waals surface area contributed by atoms with Gasteiger partial charge in [-0.2, -0.15) is 5.01 Å². The van der Waals surface area contributed by atoms with Gasteiger partial charge < -0.3 is 10.0 Å². The van der Waals surface area contributed by atoms with E-state index in [-0.39, 0.29) is 30.0 Å². The number of hydrazine groups is 1. The molecule has 3 fully saturated rings. The van der Waals surface area contributed by atoms with Crippen LogP contribution in [0.25, 0.3) is 0 Å². The molecule has 4 aromatic carbocycles. The molecule has 4 aromatic rings. The molecule has 8 rings (SSSR count). The summed E-state index contributed by atoms with van der Waals surface area (Å²) in [4.78, 5) is 83.9. The van der Waals surface area contributed by atoms with E-state index in [4.69, 9.17) is 0 Å². The first-order valence-electron chi connectivity index (χ1n) is 18.0. The molecule has 2 saturated heterocycles. The third kappa shape index (κ3) is 5.17. The van der Waals surface area contributed by atoms with Crippen molar-refractivity contribution in [2.24, 2.45) is 23.7 Å². The number of phenolic OH excluding ortho intramolecular Hbond substituents is 1. The second-order valence-electron chi connectivity index (χ2n) is 14.9. The predicted molar refractivity (Wildman–Crippen MR) is 203 cm³/mol. The second kappa shape index (κ2) is 13.1. The van der Waals surface area contributed by atoms with Crippen LogP contribution in [-0.4, -0.2) is 57.7 Å². The molecule has 6 unspecified atom stereocenters. The zero-order chi connectivity index (χ0) is 39.8. The number of anilines is 3. The van der Waals surface area contributed by atoms with Crippen molar-refractivity contribution in [3.63, 3.8) is 0 Å². The first kappa shape index (κ1) is 36.1. The molecule has 4 aliphatic rings. The summed E-state index contributed by atoms with van der Waals surface area (Å²) in [5.41, 5.74) is 2.44. The molecule has 2 heterocycles. The van der Waals surface area contributed by atoms with Gasteiger partial charge in [-0.1, -0.05) is 77.9 Å². The number of aromatic hydroxyl groups is 1. The Morgan fingerprint density at radius 1 is 0.821 bits per heavy atom. The van der Waals surface area contributed by atoms with Crippen molar-refractivity contribution in [3.8, 4) is 5.75 Å². The van der Waals surface area contributed by atoms with E-state index in [9.17, 15) is 39.7 Å². The quantitative estimate of drug-likeness (QED) is 0.0958. The lowest BCUT2D eigenvalue weighted by Crippen LogP contribution is -2.53. The second-order valence-corrected chi connectivity index (χ2v) is 14.9. The van der Waals surface area contributed by atoms with E-state index in [0.717, 1.165) is 27.6 Å². The van der Waals surface area contributed by atoms with Gasteiger partial charge >= 0.3 is 11.4 Å². The molecule has 2 aliphatic carbocycles. The van der Waals surface area contributed by atoms with Gasteiger partial charge in [0.2, 0.25) is 11.8 Å². The number of imide groups is 2. The molecule has 2 aliphatic heterocycles. The average Bonchev–Trinajstić information content (AvgIpc) is 3.56. The Morgan fingerprint density at radius 2 is 1.45 bits per heavy atom. The summed E-state index contributed by atoms with van der Waals surface area (Å²) in [6.45, 7) is 1.91. The number of benzene rings is 4. The minimum absolute atomic E-state index is 0.0324. The number of allylic oxidation sites excluding steroid dienone is 2. The zero-order valence-electron chi connectivity index (χ0n) is 30.5. The Morgan fingerprint density at radius 3 is 2.05 bits per heavy atom. The number of nitrogens with zero attached hydrogens (tertiary/aromatic N) is 5. The summed E-state index contributed by atoms with van der Waals surface area (Å²) in [5, 5.41) is 36.9. The van der Waals surface area contributed by atoms with E-state index in [1.54, 1.807) is 60.7 Å². The SMILES string of the molecule is Cc1ccc(NN2C(=O)C3CC4C(=CCC5C(=O)N(c6cc([N+](=O)[O-])c(N(C)C)c([N+](=O)[O-])c6)C(=O)C54)C(c4ccccc4O)C3(c3ccccc3)C2=O)cc1. The number of carbonyl (C=O) groups excluding carboxylic acids is 4. The number of para-hydroxylation sites is 1. The molecule has 4 amide bonds. The number of aryl methyl sites for hydroxylation is 1. The molecule has 0 bridgehead atoms. The maximum atomic E-state index is 15.2. The lowest BCUT2D eigenvalue weighted by molar-refractivity contribution is -0.392. The average molecular weight is 757 g/mol. The summed E-state index contributed by atoms with van der Waals surface area (Å²) in [5.74, 6) is -7.57. The van der Waals surface area contributed by atoms with Crippen LogP contribution in [0.15, 0.2) is 103 Å². The fourth-order valence-electron chi connectivity index (χ4n) is 9.53. The van der Waals surface area contributed by atoms with Gasteiger partial charge in [0.25, 0.3) is 11.8 Å². The molecule has 56 heavy (non-hydrogen) atoms. The van der Waals surface area contributed by atoms with Gasteiger partial charge in [-0.25, -0.2) is 4.90 Å². The highest BCUT2D eigenvalue weighted by Crippen LogP contribution is 2.65. The highest BCUT2D eigenvalue weighted by molar-refractivity contribution is 6.23. The van der Waals surface area contributed by atoms with Crippen LogP contribution in [0.5, 0.6) is 5.75 Å². The van der Waals surface area contributed by atoms with Crippen molar-refractivity contribution in [2.75, 3.05) is 29.3 Å². The summed E-state index contributed by atoms with van der Waals surface area (Å²) >= 11 is 0. The van der Waals surface area contributed by atoms with E-state index in [1.807, 2.05) is 25.1 Å². The molecule has 284 valence electrons. The number of nitro benzene ring substituents is 2. The highest BCUT2D eigenvalue weighted by atomic mass is 16.6. The predicted octanol–water partition coefficient (Wildman–Crippen LogP) is 5.77. The first-order valence-corrected chi connectivity index (χ1v) is 18.0. The lowest BCUT2D eigenvalue weighted by Gasteiger charge is -2.50. The minimum atomic E-state index is -1.60. The number of nitro groups is 2. The topological polar surface area (TPSA) is 197 Å². The monoisotopic (exact) mass is 756 g/mol. The van der Waals surface area contributed by atoms with E-state index in [1.165, 1.54) is 25.1 Å². The van der Waals surface area contributed by atoms with E-state index in [2.05, 4.69) is 5.43 Å². The van der Waals surface area contributed by atoms with Gasteiger partial charge in [0.15, 0.2) is 5.69 Å². The Labute approximate surface area is 320 Å². The molecule has 6 atom stereocenters. The number of nitrogens with one attached hydrogen (secondary N) is 1. The van der Waals surface area contributed by atoms with Crippen LogP contribution >= 0.6 is 0 Å². The van der Waals surface area contributed by atoms with E-state index in [0.29, 0.717) is 22.4 Å². The van der Waals surface area contributed by atoms with Crippen molar-refractivity contribution in [2.45, 2.75) is 31.1 Å². The number of hydrogen-bond acceptors (Lipinski definition) is 11. The smallest absolute Gasteiger partial charge is 0.301 e. The van der Waals surface area contributed by atoms with Crippen LogP contribution in [0, 0.1) is 50.8 Å². The number of amides is 4. The van der Waals surface area contributed by atoms with Crippen molar-refractivity contribution in [1.82, 2.24) is 5.01 Å². The van der Waals surface area contributed by atoms with Gasteiger partial charge in [0.1, 0.15) is 5.75 Å². The van der Waals surface area contributed by atoms with Gasteiger partial charge in [0.05, 0.1) is 44.4 Å². The highest BCUT2D eigenvalue weighted by Gasteiger charge is 2.70. The van der Waals surface area contributed by atoms with Crippen LogP contribution in [0.3, 0.4) is 0 Å². The normalized spacial score (nSPS) is 25.3. The maximum absolute atomic E-state index is 15.2. The van der Waals surface area contributed by atoms with Gasteiger partial charge in [0, 0.05) is 37.7 Å². The van der Waals surface area contributed by atoms with E-state index >= 15 is 4.79 Å². The number of phenols is 1.